The topological polar surface area (TPSA) is 95.3 Å². The van der Waals surface area contributed by atoms with Crippen LogP contribution in [0.25, 0.3) is 0 Å². The number of carbonyl (C=O) groups is 1. The Morgan fingerprint density at radius 3 is 2.48 bits per heavy atom. The average Bonchev–Trinajstić information content (AvgIpc) is 2.46. The van der Waals surface area contributed by atoms with Crippen molar-refractivity contribution in [2.75, 3.05) is 0 Å². The average molecular weight is 289 g/mol. The molecule has 0 aliphatic carbocycles. The summed E-state index contributed by atoms with van der Waals surface area (Å²) in [5.41, 5.74) is 0.120. The number of rotatable bonds is 4. The van der Waals surface area contributed by atoms with Crippen LogP contribution >= 0.6 is 0 Å². The molecule has 0 fully saturated rings. The van der Waals surface area contributed by atoms with E-state index in [4.69, 9.17) is 0 Å². The predicted molar refractivity (Wildman–Crippen MR) is 70.1 cm³/mol. The Hall–Kier alpha value is -2.96. The van der Waals surface area contributed by atoms with E-state index in [1.54, 1.807) is 0 Å². The summed E-state index contributed by atoms with van der Waals surface area (Å²) in [6.45, 7) is -0.142. The number of amides is 1. The second kappa shape index (κ2) is 6.00. The van der Waals surface area contributed by atoms with Gasteiger partial charge in [0.05, 0.1) is 4.92 Å². The van der Waals surface area contributed by atoms with E-state index in [-0.39, 0.29) is 23.4 Å². The molecule has 2 rings (SSSR count). The first-order chi connectivity index (χ1) is 9.97. The van der Waals surface area contributed by atoms with Crippen LogP contribution in [-0.2, 0) is 6.54 Å². The number of non-ortho nitro benzene ring substituents is 1. The lowest BCUT2D eigenvalue weighted by molar-refractivity contribution is -0.385. The molecule has 0 aromatic heterocycles. The molecule has 0 saturated heterocycles. The molecule has 1 N–H and O–H groups in total. The van der Waals surface area contributed by atoms with E-state index in [1.807, 2.05) is 0 Å². The molecule has 0 bridgehead atoms. The summed E-state index contributed by atoms with van der Waals surface area (Å²) < 4.78 is 12.7. The molecule has 21 heavy (non-hydrogen) atoms. The SMILES string of the molecule is O=C(NCc1cc([N+](=O)[O-])ccc1[O-])c1ccc(F)cc1. The van der Waals surface area contributed by atoms with Crippen molar-refractivity contribution in [1.29, 1.82) is 0 Å². The molecular formula is C14H10FN2O4-. The Morgan fingerprint density at radius 1 is 1.19 bits per heavy atom. The van der Waals surface area contributed by atoms with Crippen molar-refractivity contribution in [3.8, 4) is 5.75 Å². The Balaban J connectivity index is 2.09. The molecule has 0 heterocycles. The first-order valence-electron chi connectivity index (χ1n) is 5.95. The zero-order valence-electron chi connectivity index (χ0n) is 10.7. The van der Waals surface area contributed by atoms with Crippen LogP contribution in [-0.4, -0.2) is 10.8 Å². The molecule has 2 aromatic rings. The Morgan fingerprint density at radius 2 is 1.86 bits per heavy atom. The van der Waals surface area contributed by atoms with Gasteiger partial charge in [-0.25, -0.2) is 4.39 Å². The molecule has 108 valence electrons. The fraction of sp³-hybridized carbons (Fsp3) is 0.0714. The Labute approximate surface area is 119 Å². The second-order valence-corrected chi connectivity index (χ2v) is 4.24. The van der Waals surface area contributed by atoms with Crippen LogP contribution in [0.3, 0.4) is 0 Å². The van der Waals surface area contributed by atoms with E-state index in [0.717, 1.165) is 30.3 Å². The zero-order valence-corrected chi connectivity index (χ0v) is 10.7. The molecule has 0 radical (unpaired) electrons. The number of nitrogens with zero attached hydrogens (tertiary/aromatic N) is 1. The molecule has 0 aliphatic rings. The van der Waals surface area contributed by atoms with Crippen LogP contribution in [0.15, 0.2) is 42.5 Å². The highest BCUT2D eigenvalue weighted by molar-refractivity contribution is 5.94. The summed E-state index contributed by atoms with van der Waals surface area (Å²) in [4.78, 5) is 21.8. The number of hydrogen-bond acceptors (Lipinski definition) is 4. The number of benzene rings is 2. The monoisotopic (exact) mass is 289 g/mol. The van der Waals surface area contributed by atoms with E-state index in [2.05, 4.69) is 5.32 Å². The Bertz CT molecular complexity index is 686. The van der Waals surface area contributed by atoms with Crippen molar-refractivity contribution >= 4 is 11.6 Å². The van der Waals surface area contributed by atoms with Gasteiger partial charge in [0.1, 0.15) is 5.82 Å². The fourth-order valence-corrected chi connectivity index (χ4v) is 1.70. The minimum atomic E-state index is -0.620. The van der Waals surface area contributed by atoms with Gasteiger partial charge in [-0.2, -0.15) is 0 Å². The van der Waals surface area contributed by atoms with Crippen molar-refractivity contribution in [3.63, 3.8) is 0 Å². The van der Waals surface area contributed by atoms with Crippen LogP contribution in [0.2, 0.25) is 0 Å². The standard InChI is InChI=1S/C14H11FN2O4/c15-11-3-1-9(2-4-11)14(19)16-8-10-7-12(17(20)21)5-6-13(10)18/h1-7,18H,8H2,(H,16,19)/p-1. The molecule has 6 nitrogen and oxygen atoms in total. The number of carbonyl (C=O) groups excluding carboxylic acids is 1. The molecule has 2 aromatic carbocycles. The van der Waals surface area contributed by atoms with Gasteiger partial charge in [0.15, 0.2) is 0 Å². The van der Waals surface area contributed by atoms with Gasteiger partial charge in [-0.05, 0) is 29.8 Å². The third-order valence-corrected chi connectivity index (χ3v) is 2.80. The van der Waals surface area contributed by atoms with E-state index in [1.165, 1.54) is 12.1 Å². The van der Waals surface area contributed by atoms with Gasteiger partial charge in [-0.3, -0.25) is 14.9 Å². The lowest BCUT2D eigenvalue weighted by Crippen LogP contribution is -2.23. The van der Waals surface area contributed by atoms with Gasteiger partial charge >= 0.3 is 0 Å². The summed E-state index contributed by atoms with van der Waals surface area (Å²) >= 11 is 0. The van der Waals surface area contributed by atoms with E-state index >= 15 is 0 Å². The lowest BCUT2D eigenvalue weighted by Gasteiger charge is -2.13. The number of nitro benzene ring substituents is 1. The van der Waals surface area contributed by atoms with Gasteiger partial charge < -0.3 is 10.4 Å². The van der Waals surface area contributed by atoms with Gasteiger partial charge in [-0.15, -0.1) is 5.75 Å². The van der Waals surface area contributed by atoms with Crippen LogP contribution in [0.4, 0.5) is 10.1 Å². The van der Waals surface area contributed by atoms with E-state index < -0.39 is 22.4 Å². The number of nitro groups is 1. The molecule has 0 aliphatic heterocycles. The van der Waals surface area contributed by atoms with E-state index in [0.29, 0.717) is 0 Å². The van der Waals surface area contributed by atoms with Crippen molar-refractivity contribution in [3.05, 3.63) is 69.5 Å². The third-order valence-electron chi connectivity index (χ3n) is 2.80. The minimum Gasteiger partial charge on any atom is -0.872 e. The van der Waals surface area contributed by atoms with Crippen molar-refractivity contribution < 1.29 is 19.2 Å². The summed E-state index contributed by atoms with van der Waals surface area (Å²) in [6.07, 6.45) is 0. The first kappa shape index (κ1) is 14.4. The predicted octanol–water partition coefficient (Wildman–Crippen LogP) is 1.74. The number of halogens is 1. The van der Waals surface area contributed by atoms with Gasteiger partial charge in [0.2, 0.25) is 0 Å². The summed E-state index contributed by atoms with van der Waals surface area (Å²) in [7, 11) is 0. The summed E-state index contributed by atoms with van der Waals surface area (Å²) in [5, 5.41) is 24.7. The van der Waals surface area contributed by atoms with Gasteiger partial charge in [0, 0.05) is 24.2 Å². The molecule has 0 unspecified atom stereocenters. The lowest BCUT2D eigenvalue weighted by atomic mass is 10.1. The molecular weight excluding hydrogens is 279 g/mol. The molecule has 7 heteroatoms. The number of nitrogens with one attached hydrogen (secondary N) is 1. The highest BCUT2D eigenvalue weighted by Gasteiger charge is 2.09. The largest absolute Gasteiger partial charge is 0.872 e. The highest BCUT2D eigenvalue weighted by Crippen LogP contribution is 2.20. The van der Waals surface area contributed by atoms with Gasteiger partial charge in [0.25, 0.3) is 11.6 Å². The van der Waals surface area contributed by atoms with Crippen molar-refractivity contribution in [1.82, 2.24) is 5.32 Å². The molecule has 0 spiro atoms. The van der Waals surface area contributed by atoms with Crippen LogP contribution in [0.5, 0.6) is 5.75 Å². The zero-order chi connectivity index (χ0) is 15.4. The van der Waals surface area contributed by atoms with Crippen LogP contribution in [0.1, 0.15) is 15.9 Å². The minimum absolute atomic E-state index is 0.111. The number of hydrogen-bond donors (Lipinski definition) is 1. The molecule has 0 saturated carbocycles. The second-order valence-electron chi connectivity index (χ2n) is 4.24. The van der Waals surface area contributed by atoms with Crippen LogP contribution < -0.4 is 10.4 Å². The summed E-state index contributed by atoms with van der Waals surface area (Å²) in [5.74, 6) is -1.37. The van der Waals surface area contributed by atoms with Gasteiger partial charge in [-0.1, -0.05) is 6.07 Å². The normalized spacial score (nSPS) is 10.1. The maximum absolute atomic E-state index is 12.7. The third kappa shape index (κ3) is 3.53. The van der Waals surface area contributed by atoms with Crippen molar-refractivity contribution in [2.24, 2.45) is 0 Å². The molecule has 1 amide bonds. The smallest absolute Gasteiger partial charge is 0.269 e. The maximum Gasteiger partial charge on any atom is 0.269 e. The first-order valence-corrected chi connectivity index (χ1v) is 5.95. The highest BCUT2D eigenvalue weighted by atomic mass is 19.1. The van der Waals surface area contributed by atoms with Crippen LogP contribution in [0, 0.1) is 15.9 Å². The fourth-order valence-electron chi connectivity index (χ4n) is 1.70. The van der Waals surface area contributed by atoms with Crippen molar-refractivity contribution in [2.45, 2.75) is 6.54 Å². The molecule has 0 atom stereocenters. The quantitative estimate of drug-likeness (QED) is 0.685. The summed E-state index contributed by atoms with van der Waals surface area (Å²) in [6, 6.07) is 8.19. The maximum atomic E-state index is 12.7. The van der Waals surface area contributed by atoms with E-state index in [9.17, 15) is 24.4 Å². The Kier molecular flexibility index (Phi) is 4.13.